The molecule has 2 N–H and O–H groups in total. The van der Waals surface area contributed by atoms with Crippen molar-refractivity contribution in [3.63, 3.8) is 0 Å². The number of hydrogen-bond acceptors (Lipinski definition) is 3. The Morgan fingerprint density at radius 2 is 1.96 bits per heavy atom. The molecule has 0 aliphatic rings. The minimum Gasteiger partial charge on any atom is -0.445 e. The Labute approximate surface area is 140 Å². The van der Waals surface area contributed by atoms with Gasteiger partial charge in [-0.05, 0) is 29.3 Å². The molecule has 5 heteroatoms. The second-order valence-electron chi connectivity index (χ2n) is 5.05. The fraction of sp³-hybridized carbons (Fsp3) is 0.211. The van der Waals surface area contributed by atoms with E-state index in [1.807, 2.05) is 30.3 Å². The van der Waals surface area contributed by atoms with Gasteiger partial charge in [-0.3, -0.25) is 0 Å². The van der Waals surface area contributed by atoms with Gasteiger partial charge in [-0.15, -0.1) is 0 Å². The molecule has 0 fully saturated rings. The molecular formula is C19H18FNO3. The highest BCUT2D eigenvalue weighted by Crippen LogP contribution is 2.08. The molecule has 0 heterocycles. The largest absolute Gasteiger partial charge is 0.445 e. The first-order valence-electron chi connectivity index (χ1n) is 7.51. The van der Waals surface area contributed by atoms with Crippen LogP contribution in [0.25, 0.3) is 0 Å². The molecule has 4 nitrogen and oxygen atoms in total. The highest BCUT2D eigenvalue weighted by atomic mass is 19.1. The van der Waals surface area contributed by atoms with Gasteiger partial charge in [-0.25, -0.2) is 9.18 Å². The predicted molar refractivity (Wildman–Crippen MR) is 88.4 cm³/mol. The van der Waals surface area contributed by atoms with Crippen LogP contribution in [0.5, 0.6) is 0 Å². The minimum absolute atomic E-state index is 0.214. The van der Waals surface area contributed by atoms with Gasteiger partial charge in [0.15, 0.2) is 0 Å². The van der Waals surface area contributed by atoms with Crippen LogP contribution in [0.3, 0.4) is 0 Å². The number of aliphatic hydroxyl groups is 1. The van der Waals surface area contributed by atoms with Gasteiger partial charge in [0.25, 0.3) is 0 Å². The zero-order chi connectivity index (χ0) is 17.2. The van der Waals surface area contributed by atoms with Gasteiger partial charge in [0.1, 0.15) is 12.4 Å². The Morgan fingerprint density at radius 1 is 1.17 bits per heavy atom. The lowest BCUT2D eigenvalue weighted by atomic mass is 10.1. The quantitative estimate of drug-likeness (QED) is 0.656. The monoisotopic (exact) mass is 327 g/mol. The first-order valence-corrected chi connectivity index (χ1v) is 7.51. The molecule has 2 aromatic rings. The SMILES string of the molecule is O=C(NCCC#Cc1cc(F)cc(CO)c1)OCc1ccccc1. The molecule has 0 aromatic heterocycles. The summed E-state index contributed by atoms with van der Waals surface area (Å²) < 4.78 is 18.3. The third kappa shape index (κ3) is 6.11. The molecule has 1 amide bonds. The van der Waals surface area contributed by atoms with E-state index in [-0.39, 0.29) is 13.2 Å². The summed E-state index contributed by atoms with van der Waals surface area (Å²) >= 11 is 0. The average molecular weight is 327 g/mol. The molecule has 0 bridgehead atoms. The van der Waals surface area contributed by atoms with Crippen LogP contribution in [0.2, 0.25) is 0 Å². The van der Waals surface area contributed by atoms with Gasteiger partial charge < -0.3 is 15.2 Å². The molecule has 124 valence electrons. The number of carbonyl (C=O) groups excluding carboxylic acids is 1. The van der Waals surface area contributed by atoms with E-state index in [4.69, 9.17) is 9.84 Å². The number of nitrogens with one attached hydrogen (secondary N) is 1. The number of halogens is 1. The molecule has 0 aliphatic carbocycles. The maximum Gasteiger partial charge on any atom is 0.407 e. The number of ether oxygens (including phenoxy) is 1. The van der Waals surface area contributed by atoms with Crippen LogP contribution in [-0.4, -0.2) is 17.7 Å². The number of alkyl carbamates (subject to hydrolysis) is 1. The summed E-state index contributed by atoms with van der Waals surface area (Å²) in [5.41, 5.74) is 1.88. The smallest absolute Gasteiger partial charge is 0.407 e. The summed E-state index contributed by atoms with van der Waals surface area (Å²) in [7, 11) is 0. The van der Waals surface area contributed by atoms with Crippen LogP contribution in [0.4, 0.5) is 9.18 Å². The Bertz CT molecular complexity index is 735. The zero-order valence-corrected chi connectivity index (χ0v) is 13.1. The second kappa shape index (κ2) is 9.33. The van der Waals surface area contributed by atoms with Gasteiger partial charge in [-0.2, -0.15) is 0 Å². The first kappa shape index (κ1) is 17.5. The fourth-order valence-corrected chi connectivity index (χ4v) is 1.98. The lowest BCUT2D eigenvalue weighted by molar-refractivity contribution is 0.140. The van der Waals surface area contributed by atoms with Crippen LogP contribution in [0, 0.1) is 17.7 Å². The molecule has 2 rings (SSSR count). The van der Waals surface area contributed by atoms with Gasteiger partial charge in [0.05, 0.1) is 6.61 Å². The van der Waals surface area contributed by atoms with Crippen molar-refractivity contribution in [1.29, 1.82) is 0 Å². The summed E-state index contributed by atoms with van der Waals surface area (Å²) in [6.07, 6.45) is -0.0974. The fourth-order valence-electron chi connectivity index (χ4n) is 1.98. The molecule has 24 heavy (non-hydrogen) atoms. The van der Waals surface area contributed by atoms with E-state index in [1.54, 1.807) is 6.07 Å². The predicted octanol–water partition coefficient (Wildman–Crippen LogP) is 2.99. The van der Waals surface area contributed by atoms with Crippen LogP contribution in [-0.2, 0) is 18.0 Å². The second-order valence-corrected chi connectivity index (χ2v) is 5.05. The molecule has 0 atom stereocenters. The van der Waals surface area contributed by atoms with Crippen LogP contribution < -0.4 is 5.32 Å². The molecular weight excluding hydrogens is 309 g/mol. The molecule has 0 aliphatic heterocycles. The van der Waals surface area contributed by atoms with Crippen molar-refractivity contribution in [1.82, 2.24) is 5.32 Å². The Kier molecular flexibility index (Phi) is 6.81. The van der Waals surface area contributed by atoms with Gasteiger partial charge in [0.2, 0.25) is 0 Å². The van der Waals surface area contributed by atoms with Crippen molar-refractivity contribution >= 4 is 6.09 Å². The Morgan fingerprint density at radius 3 is 2.71 bits per heavy atom. The third-order valence-electron chi connectivity index (χ3n) is 3.10. The summed E-state index contributed by atoms with van der Waals surface area (Å²) in [6.45, 7) is 0.315. The minimum atomic E-state index is -0.506. The van der Waals surface area contributed by atoms with Crippen molar-refractivity contribution in [3.05, 3.63) is 71.0 Å². The highest BCUT2D eigenvalue weighted by molar-refractivity contribution is 5.67. The third-order valence-corrected chi connectivity index (χ3v) is 3.10. The molecule has 0 saturated heterocycles. The van der Waals surface area contributed by atoms with E-state index < -0.39 is 11.9 Å². The molecule has 0 radical (unpaired) electrons. The Hall–Kier alpha value is -2.84. The topological polar surface area (TPSA) is 58.6 Å². The van der Waals surface area contributed by atoms with Crippen molar-refractivity contribution in [2.45, 2.75) is 19.6 Å². The summed E-state index contributed by atoms with van der Waals surface area (Å²) in [5, 5.41) is 11.6. The standard InChI is InChI=1S/C19H18FNO3/c20-18-11-16(10-17(12-18)13-22)8-4-5-9-21-19(23)24-14-15-6-2-1-3-7-15/h1-3,6-7,10-12,22H,5,9,13-14H2,(H,21,23). The summed E-state index contributed by atoms with van der Waals surface area (Å²) in [5.74, 6) is 5.20. The van der Waals surface area contributed by atoms with Crippen LogP contribution in [0.15, 0.2) is 48.5 Å². The lowest BCUT2D eigenvalue weighted by Gasteiger charge is -2.05. The number of amides is 1. The molecule has 0 spiro atoms. The lowest BCUT2D eigenvalue weighted by Crippen LogP contribution is -2.24. The van der Waals surface area contributed by atoms with E-state index in [9.17, 15) is 9.18 Å². The average Bonchev–Trinajstić information content (AvgIpc) is 2.60. The van der Waals surface area contributed by atoms with E-state index in [0.717, 1.165) is 5.56 Å². The Balaban J connectivity index is 1.71. The van der Waals surface area contributed by atoms with E-state index in [2.05, 4.69) is 17.2 Å². The zero-order valence-electron chi connectivity index (χ0n) is 13.1. The normalized spacial score (nSPS) is 9.75. The number of carbonyl (C=O) groups is 1. The van der Waals surface area contributed by atoms with Crippen LogP contribution >= 0.6 is 0 Å². The molecule has 0 unspecified atom stereocenters. The number of aliphatic hydroxyl groups excluding tert-OH is 1. The van der Waals surface area contributed by atoms with Crippen molar-refractivity contribution in [2.75, 3.05) is 6.54 Å². The first-order chi connectivity index (χ1) is 11.7. The molecule has 0 saturated carbocycles. The van der Waals surface area contributed by atoms with E-state index >= 15 is 0 Å². The maximum atomic E-state index is 13.3. The van der Waals surface area contributed by atoms with E-state index in [1.165, 1.54) is 12.1 Å². The van der Waals surface area contributed by atoms with Crippen LogP contribution in [0.1, 0.15) is 23.1 Å². The highest BCUT2D eigenvalue weighted by Gasteiger charge is 2.01. The molecule has 2 aromatic carbocycles. The summed E-state index contributed by atoms with van der Waals surface area (Å²) in [4.78, 5) is 11.5. The van der Waals surface area contributed by atoms with Crippen molar-refractivity contribution in [3.8, 4) is 11.8 Å². The van der Waals surface area contributed by atoms with E-state index in [0.29, 0.717) is 24.1 Å². The number of rotatable bonds is 5. The summed E-state index contributed by atoms with van der Waals surface area (Å²) in [6, 6.07) is 13.6. The maximum absolute atomic E-state index is 13.3. The van der Waals surface area contributed by atoms with Gasteiger partial charge in [-0.1, -0.05) is 42.2 Å². The van der Waals surface area contributed by atoms with Crippen molar-refractivity contribution in [2.24, 2.45) is 0 Å². The number of hydrogen-bond donors (Lipinski definition) is 2. The van der Waals surface area contributed by atoms with Gasteiger partial charge >= 0.3 is 6.09 Å². The number of benzene rings is 2. The van der Waals surface area contributed by atoms with Gasteiger partial charge in [0, 0.05) is 18.5 Å². The van der Waals surface area contributed by atoms with Crippen molar-refractivity contribution < 1.29 is 19.0 Å².